The van der Waals surface area contributed by atoms with E-state index in [1.165, 1.54) is 16.7 Å². The van der Waals surface area contributed by atoms with Crippen molar-refractivity contribution in [3.63, 3.8) is 0 Å². The highest BCUT2D eigenvalue weighted by Gasteiger charge is 2.02. The fourth-order valence-electron chi connectivity index (χ4n) is 1.99. The van der Waals surface area contributed by atoms with Gasteiger partial charge in [-0.25, -0.2) is 0 Å². The molecule has 0 unspecified atom stereocenters. The van der Waals surface area contributed by atoms with Gasteiger partial charge < -0.3 is 16.2 Å². The van der Waals surface area contributed by atoms with Gasteiger partial charge in [-0.1, -0.05) is 18.2 Å². The van der Waals surface area contributed by atoms with Crippen LogP contribution in [0.4, 0.5) is 5.69 Å². The van der Waals surface area contributed by atoms with Crippen molar-refractivity contribution in [3.8, 4) is 5.75 Å². The highest BCUT2D eigenvalue weighted by Crippen LogP contribution is 2.20. The third-order valence-corrected chi connectivity index (χ3v) is 3.07. The summed E-state index contributed by atoms with van der Waals surface area (Å²) in [4.78, 5) is 0. The molecule has 0 saturated carbocycles. The van der Waals surface area contributed by atoms with E-state index in [4.69, 9.17) is 16.2 Å². The Hall–Kier alpha value is -2.00. The monoisotopic (exact) mass is 256 g/mol. The molecular weight excluding hydrogens is 236 g/mol. The molecule has 4 N–H and O–H groups in total. The molecule has 0 saturated heterocycles. The molecule has 0 fully saturated rings. The van der Waals surface area contributed by atoms with E-state index in [0.717, 1.165) is 17.9 Å². The van der Waals surface area contributed by atoms with Crippen LogP contribution in [0.3, 0.4) is 0 Å². The van der Waals surface area contributed by atoms with Gasteiger partial charge in [0.05, 0.1) is 0 Å². The number of nitrogens with two attached hydrogens (primary N) is 2. The summed E-state index contributed by atoms with van der Waals surface area (Å²) in [6.45, 7) is 3.19. The van der Waals surface area contributed by atoms with Crippen LogP contribution >= 0.6 is 0 Å². The highest BCUT2D eigenvalue weighted by molar-refractivity contribution is 5.42. The molecule has 2 aromatic carbocycles. The molecule has 3 nitrogen and oxygen atoms in total. The van der Waals surface area contributed by atoms with Gasteiger partial charge in [0.2, 0.25) is 0 Å². The first kappa shape index (κ1) is 13.4. The average Bonchev–Trinajstić information content (AvgIpc) is 2.41. The number of benzene rings is 2. The Morgan fingerprint density at radius 3 is 2.42 bits per heavy atom. The Kier molecular flexibility index (Phi) is 4.42. The molecule has 0 amide bonds. The van der Waals surface area contributed by atoms with Gasteiger partial charge in [0.25, 0.3) is 0 Å². The van der Waals surface area contributed by atoms with Crippen LogP contribution in [-0.4, -0.2) is 13.2 Å². The van der Waals surface area contributed by atoms with Gasteiger partial charge in [-0.3, -0.25) is 0 Å². The van der Waals surface area contributed by atoms with Crippen molar-refractivity contribution in [1.82, 2.24) is 0 Å². The molecule has 0 aliphatic heterocycles. The lowest BCUT2D eigenvalue weighted by Gasteiger charge is -2.10. The smallest absolute Gasteiger partial charge is 0.119 e. The Labute approximate surface area is 114 Å². The highest BCUT2D eigenvalue weighted by atomic mass is 16.5. The second-order valence-electron chi connectivity index (χ2n) is 4.64. The van der Waals surface area contributed by atoms with Gasteiger partial charge in [-0.2, -0.15) is 0 Å². The quantitative estimate of drug-likeness (QED) is 0.808. The fourth-order valence-corrected chi connectivity index (χ4v) is 1.99. The molecule has 2 rings (SSSR count). The number of hydrogen-bond donors (Lipinski definition) is 2. The number of nitrogen functional groups attached to an aromatic ring is 1. The molecule has 0 aromatic heterocycles. The lowest BCUT2D eigenvalue weighted by atomic mass is 10.0. The third-order valence-electron chi connectivity index (χ3n) is 3.07. The maximum Gasteiger partial charge on any atom is 0.119 e. The van der Waals surface area contributed by atoms with E-state index in [1.807, 2.05) is 18.2 Å². The first-order valence-corrected chi connectivity index (χ1v) is 6.46. The third kappa shape index (κ3) is 3.73. The van der Waals surface area contributed by atoms with Gasteiger partial charge in [0.1, 0.15) is 12.4 Å². The minimum atomic E-state index is 0.534. The summed E-state index contributed by atoms with van der Waals surface area (Å²) in [7, 11) is 0. The van der Waals surface area contributed by atoms with Crippen LogP contribution < -0.4 is 16.2 Å². The molecule has 0 heterocycles. The summed E-state index contributed by atoms with van der Waals surface area (Å²) in [5.41, 5.74) is 15.7. The number of rotatable bonds is 5. The van der Waals surface area contributed by atoms with Gasteiger partial charge >= 0.3 is 0 Å². The summed E-state index contributed by atoms with van der Waals surface area (Å²) in [6, 6.07) is 14.2. The van der Waals surface area contributed by atoms with Gasteiger partial charge in [-0.15, -0.1) is 0 Å². The zero-order chi connectivity index (χ0) is 13.7. The van der Waals surface area contributed by atoms with Crippen LogP contribution in [0.15, 0.2) is 42.5 Å². The number of aryl methyl sites for hydroxylation is 1. The Morgan fingerprint density at radius 2 is 1.79 bits per heavy atom. The molecule has 0 aliphatic rings. The number of ether oxygens (including phenoxy) is 1. The SMILES string of the molecule is Cc1cc(OCCN)ccc1Cc1ccc(N)cc1. The molecule has 100 valence electrons. The fraction of sp³-hybridized carbons (Fsp3) is 0.250. The summed E-state index contributed by atoms with van der Waals surface area (Å²) in [5.74, 6) is 0.879. The van der Waals surface area contributed by atoms with Crippen LogP contribution in [0.1, 0.15) is 16.7 Å². The van der Waals surface area contributed by atoms with E-state index < -0.39 is 0 Å². The summed E-state index contributed by atoms with van der Waals surface area (Å²) in [5, 5.41) is 0. The van der Waals surface area contributed by atoms with Gasteiger partial charge in [0.15, 0.2) is 0 Å². The van der Waals surface area contributed by atoms with Crippen molar-refractivity contribution < 1.29 is 4.74 Å². The normalized spacial score (nSPS) is 10.4. The molecule has 3 heteroatoms. The predicted molar refractivity (Wildman–Crippen MR) is 79.4 cm³/mol. The summed E-state index contributed by atoms with van der Waals surface area (Å²) >= 11 is 0. The van der Waals surface area contributed by atoms with Gasteiger partial charge in [-0.05, 0) is 54.3 Å². The molecule has 19 heavy (non-hydrogen) atoms. The van der Waals surface area contributed by atoms with Crippen LogP contribution in [0.5, 0.6) is 5.75 Å². The Morgan fingerprint density at radius 1 is 1.05 bits per heavy atom. The molecule has 0 radical (unpaired) electrons. The maximum atomic E-state index is 5.69. The average molecular weight is 256 g/mol. The largest absolute Gasteiger partial charge is 0.492 e. The molecular formula is C16H20N2O. The Bertz CT molecular complexity index is 535. The van der Waals surface area contributed by atoms with E-state index in [-0.39, 0.29) is 0 Å². The van der Waals surface area contributed by atoms with E-state index in [9.17, 15) is 0 Å². The summed E-state index contributed by atoms with van der Waals surface area (Å²) < 4.78 is 5.52. The second kappa shape index (κ2) is 6.25. The standard InChI is InChI=1S/C16H20N2O/c1-12-10-16(19-9-8-17)7-4-14(12)11-13-2-5-15(18)6-3-13/h2-7,10H,8-9,11,17-18H2,1H3. The van der Waals surface area contributed by atoms with Crippen LogP contribution in [0.2, 0.25) is 0 Å². The van der Waals surface area contributed by atoms with Crippen LogP contribution in [0, 0.1) is 6.92 Å². The van der Waals surface area contributed by atoms with Crippen LogP contribution in [-0.2, 0) is 6.42 Å². The maximum absolute atomic E-state index is 5.69. The lowest BCUT2D eigenvalue weighted by molar-refractivity contribution is 0.328. The van der Waals surface area contributed by atoms with Crippen molar-refractivity contribution in [1.29, 1.82) is 0 Å². The number of anilines is 1. The zero-order valence-electron chi connectivity index (χ0n) is 11.2. The van der Waals surface area contributed by atoms with Crippen molar-refractivity contribution in [2.45, 2.75) is 13.3 Å². The molecule has 2 aromatic rings. The minimum Gasteiger partial charge on any atom is -0.492 e. The van der Waals surface area contributed by atoms with E-state index in [1.54, 1.807) is 0 Å². The Balaban J connectivity index is 2.10. The zero-order valence-corrected chi connectivity index (χ0v) is 11.2. The van der Waals surface area contributed by atoms with E-state index in [2.05, 4.69) is 31.2 Å². The topological polar surface area (TPSA) is 61.3 Å². The van der Waals surface area contributed by atoms with E-state index in [0.29, 0.717) is 13.2 Å². The second-order valence-corrected chi connectivity index (χ2v) is 4.64. The van der Waals surface area contributed by atoms with Crippen molar-refractivity contribution in [2.75, 3.05) is 18.9 Å². The molecule has 0 bridgehead atoms. The van der Waals surface area contributed by atoms with Crippen molar-refractivity contribution in [3.05, 3.63) is 59.2 Å². The van der Waals surface area contributed by atoms with Crippen molar-refractivity contribution >= 4 is 5.69 Å². The predicted octanol–water partition coefficient (Wildman–Crippen LogP) is 2.51. The molecule has 0 spiro atoms. The van der Waals surface area contributed by atoms with E-state index >= 15 is 0 Å². The molecule has 0 aliphatic carbocycles. The van der Waals surface area contributed by atoms with Crippen molar-refractivity contribution in [2.24, 2.45) is 5.73 Å². The van der Waals surface area contributed by atoms with Crippen LogP contribution in [0.25, 0.3) is 0 Å². The molecule has 0 atom stereocenters. The first-order chi connectivity index (χ1) is 9.19. The van der Waals surface area contributed by atoms with Gasteiger partial charge in [0, 0.05) is 12.2 Å². The lowest BCUT2D eigenvalue weighted by Crippen LogP contribution is -2.10. The minimum absolute atomic E-state index is 0.534. The number of hydrogen-bond acceptors (Lipinski definition) is 3. The summed E-state index contributed by atoms with van der Waals surface area (Å²) in [6.07, 6.45) is 0.906. The first-order valence-electron chi connectivity index (χ1n) is 6.46.